The maximum atomic E-state index is 12.3. The zero-order valence-electron chi connectivity index (χ0n) is 13.9. The number of fused-ring (bicyclic) bond motifs is 1. The molecule has 0 radical (unpaired) electrons. The van der Waals surface area contributed by atoms with Crippen LogP contribution in [0.1, 0.15) is 6.92 Å². The molecule has 2 aliphatic heterocycles. The van der Waals surface area contributed by atoms with E-state index in [-0.39, 0.29) is 24.1 Å². The van der Waals surface area contributed by atoms with Gasteiger partial charge >= 0.3 is 0 Å². The number of carbonyl (C=O) groups excluding carboxylic acids is 2. The van der Waals surface area contributed by atoms with Crippen molar-refractivity contribution in [3.8, 4) is 11.5 Å². The summed E-state index contributed by atoms with van der Waals surface area (Å²) in [6.07, 6.45) is 1.28. The molecule has 25 heavy (non-hydrogen) atoms. The Hall–Kier alpha value is -2.90. The van der Waals surface area contributed by atoms with Gasteiger partial charge < -0.3 is 29.2 Å². The Morgan fingerprint density at radius 2 is 1.84 bits per heavy atom. The van der Waals surface area contributed by atoms with Crippen LogP contribution in [0.4, 0.5) is 5.69 Å². The molecule has 1 aromatic rings. The normalized spacial score (nSPS) is 15.3. The smallest absolute Gasteiger partial charge is 0.292 e. The second-order valence-corrected chi connectivity index (χ2v) is 5.43. The van der Waals surface area contributed by atoms with Gasteiger partial charge in [-0.3, -0.25) is 9.59 Å². The Morgan fingerprint density at radius 1 is 1.08 bits per heavy atom. The Morgan fingerprint density at radius 3 is 2.56 bits per heavy atom. The minimum Gasteiger partial charge on any atom is -0.494 e. The number of nitrogens with one attached hydrogen (secondary N) is 1. The van der Waals surface area contributed by atoms with Crippen LogP contribution >= 0.6 is 0 Å². The van der Waals surface area contributed by atoms with Crippen LogP contribution in [0, 0.1) is 0 Å². The zero-order chi connectivity index (χ0) is 17.6. The lowest BCUT2D eigenvalue weighted by Crippen LogP contribution is -2.39. The van der Waals surface area contributed by atoms with E-state index >= 15 is 0 Å². The lowest BCUT2D eigenvalue weighted by atomic mass is 10.2. The molecule has 0 fully saturated rings. The SMILES string of the molecule is CCN(CC(=O)Nc1ccc2c(c1)OCCO2)C(=O)C1=COCCO1. The molecule has 8 heteroatoms. The second kappa shape index (κ2) is 7.78. The Labute approximate surface area is 145 Å². The van der Waals surface area contributed by atoms with E-state index in [1.165, 1.54) is 11.2 Å². The van der Waals surface area contributed by atoms with Crippen LogP contribution in [-0.2, 0) is 19.1 Å². The van der Waals surface area contributed by atoms with Gasteiger partial charge in [-0.1, -0.05) is 0 Å². The molecule has 0 saturated heterocycles. The predicted octanol–water partition coefficient (Wildman–Crippen LogP) is 1.13. The third kappa shape index (κ3) is 4.14. The summed E-state index contributed by atoms with van der Waals surface area (Å²) in [7, 11) is 0. The predicted molar refractivity (Wildman–Crippen MR) is 88.3 cm³/mol. The molecular weight excluding hydrogens is 328 g/mol. The first kappa shape index (κ1) is 16.9. The third-order valence-corrected chi connectivity index (χ3v) is 3.69. The van der Waals surface area contributed by atoms with Crippen molar-refractivity contribution < 1.29 is 28.5 Å². The highest BCUT2D eigenvalue weighted by Gasteiger charge is 2.23. The van der Waals surface area contributed by atoms with Crippen LogP contribution in [0.5, 0.6) is 11.5 Å². The van der Waals surface area contributed by atoms with E-state index in [0.29, 0.717) is 50.2 Å². The quantitative estimate of drug-likeness (QED) is 0.859. The molecule has 0 atom stereocenters. The van der Waals surface area contributed by atoms with E-state index in [9.17, 15) is 9.59 Å². The van der Waals surface area contributed by atoms with Crippen LogP contribution in [0.25, 0.3) is 0 Å². The standard InChI is InChI=1S/C17H20N2O6/c1-2-19(17(21)15-11-22-5-6-25-15)10-16(20)18-12-3-4-13-14(9-12)24-8-7-23-13/h3-4,9,11H,2,5-8,10H2,1H3,(H,18,20). The molecule has 8 nitrogen and oxygen atoms in total. The van der Waals surface area contributed by atoms with Crippen molar-refractivity contribution in [1.82, 2.24) is 4.90 Å². The molecule has 2 aliphatic rings. The number of carbonyl (C=O) groups is 2. The van der Waals surface area contributed by atoms with Gasteiger partial charge in [0, 0.05) is 18.3 Å². The number of ether oxygens (including phenoxy) is 4. The molecule has 0 bridgehead atoms. The zero-order valence-corrected chi connectivity index (χ0v) is 13.9. The number of likely N-dealkylation sites (N-methyl/N-ethyl adjacent to an activating group) is 1. The average molecular weight is 348 g/mol. The summed E-state index contributed by atoms with van der Waals surface area (Å²) < 4.78 is 21.3. The van der Waals surface area contributed by atoms with Crippen molar-refractivity contribution in [1.29, 1.82) is 0 Å². The maximum absolute atomic E-state index is 12.3. The fourth-order valence-corrected chi connectivity index (χ4v) is 2.46. The van der Waals surface area contributed by atoms with Crippen molar-refractivity contribution >= 4 is 17.5 Å². The van der Waals surface area contributed by atoms with Crippen molar-refractivity contribution in [3.05, 3.63) is 30.2 Å². The van der Waals surface area contributed by atoms with Gasteiger partial charge in [-0.25, -0.2) is 0 Å². The largest absolute Gasteiger partial charge is 0.494 e. The van der Waals surface area contributed by atoms with Crippen molar-refractivity contribution in [2.75, 3.05) is 44.8 Å². The Bertz CT molecular complexity index is 688. The van der Waals surface area contributed by atoms with Gasteiger partial charge in [-0.05, 0) is 19.1 Å². The first-order valence-electron chi connectivity index (χ1n) is 8.10. The first-order chi connectivity index (χ1) is 12.2. The van der Waals surface area contributed by atoms with Crippen LogP contribution in [0.3, 0.4) is 0 Å². The molecule has 3 rings (SSSR count). The first-order valence-corrected chi connectivity index (χ1v) is 8.10. The molecular formula is C17H20N2O6. The molecule has 0 aliphatic carbocycles. The van der Waals surface area contributed by atoms with E-state index in [4.69, 9.17) is 18.9 Å². The molecule has 0 spiro atoms. The van der Waals surface area contributed by atoms with Crippen molar-refractivity contribution in [2.45, 2.75) is 6.92 Å². The molecule has 0 saturated carbocycles. The fraction of sp³-hybridized carbons (Fsp3) is 0.412. The molecule has 2 heterocycles. The second-order valence-electron chi connectivity index (χ2n) is 5.43. The van der Waals surface area contributed by atoms with Crippen molar-refractivity contribution in [2.24, 2.45) is 0 Å². The van der Waals surface area contributed by atoms with Crippen LogP contribution in [0.15, 0.2) is 30.2 Å². The van der Waals surface area contributed by atoms with Gasteiger partial charge in [-0.15, -0.1) is 0 Å². The highest BCUT2D eigenvalue weighted by atomic mass is 16.6. The van der Waals surface area contributed by atoms with E-state index in [2.05, 4.69) is 5.32 Å². The maximum Gasteiger partial charge on any atom is 0.292 e. The van der Waals surface area contributed by atoms with Gasteiger partial charge in [-0.2, -0.15) is 0 Å². The number of benzene rings is 1. The molecule has 134 valence electrons. The van der Waals surface area contributed by atoms with Gasteiger partial charge in [0.15, 0.2) is 11.5 Å². The van der Waals surface area contributed by atoms with E-state index in [1.807, 2.05) is 0 Å². The van der Waals surface area contributed by atoms with E-state index in [1.54, 1.807) is 25.1 Å². The topological polar surface area (TPSA) is 86.3 Å². The van der Waals surface area contributed by atoms with Crippen LogP contribution in [-0.4, -0.2) is 56.2 Å². The van der Waals surface area contributed by atoms with Crippen LogP contribution in [0.2, 0.25) is 0 Å². The number of rotatable bonds is 5. The third-order valence-electron chi connectivity index (χ3n) is 3.69. The monoisotopic (exact) mass is 348 g/mol. The summed E-state index contributed by atoms with van der Waals surface area (Å²) in [4.78, 5) is 26.0. The summed E-state index contributed by atoms with van der Waals surface area (Å²) in [5, 5.41) is 2.75. The summed E-state index contributed by atoms with van der Waals surface area (Å²) in [6.45, 7) is 3.78. The van der Waals surface area contributed by atoms with Gasteiger partial charge in [0.05, 0.1) is 0 Å². The highest BCUT2D eigenvalue weighted by Crippen LogP contribution is 2.32. The van der Waals surface area contributed by atoms with Gasteiger partial charge in [0.2, 0.25) is 11.7 Å². The minimum absolute atomic E-state index is 0.0928. The summed E-state index contributed by atoms with van der Waals surface area (Å²) in [5.41, 5.74) is 0.578. The van der Waals surface area contributed by atoms with Crippen molar-refractivity contribution in [3.63, 3.8) is 0 Å². The summed E-state index contributed by atoms with van der Waals surface area (Å²) in [6, 6.07) is 5.17. The minimum atomic E-state index is -0.375. The number of hydrogen-bond acceptors (Lipinski definition) is 6. The van der Waals surface area contributed by atoms with E-state index in [0.717, 1.165) is 0 Å². The number of nitrogens with zero attached hydrogens (tertiary/aromatic N) is 1. The highest BCUT2D eigenvalue weighted by molar-refractivity contribution is 5.98. The number of amides is 2. The molecule has 0 unspecified atom stereocenters. The lowest BCUT2D eigenvalue weighted by molar-refractivity contribution is -0.135. The average Bonchev–Trinajstić information content (AvgIpc) is 2.66. The molecule has 2 amide bonds. The van der Waals surface area contributed by atoms with E-state index < -0.39 is 0 Å². The Balaban J connectivity index is 1.60. The Kier molecular flexibility index (Phi) is 5.27. The van der Waals surface area contributed by atoms with Gasteiger partial charge in [0.25, 0.3) is 5.91 Å². The summed E-state index contributed by atoms with van der Waals surface area (Å²) in [5.74, 6) is 0.658. The number of anilines is 1. The lowest BCUT2D eigenvalue weighted by Gasteiger charge is -2.23. The number of hydrogen-bond donors (Lipinski definition) is 1. The molecule has 0 aromatic heterocycles. The van der Waals surface area contributed by atoms with Crippen LogP contribution < -0.4 is 14.8 Å². The molecule has 1 N–H and O–H groups in total. The summed E-state index contributed by atoms with van der Waals surface area (Å²) >= 11 is 0. The van der Waals surface area contributed by atoms with Gasteiger partial charge in [0.1, 0.15) is 39.2 Å². The molecule has 1 aromatic carbocycles. The fourth-order valence-electron chi connectivity index (χ4n) is 2.46.